The fraction of sp³-hybridized carbons (Fsp3) is 0.143. The molecule has 0 saturated carbocycles. The number of benzene rings is 1. The van der Waals surface area contributed by atoms with Crippen molar-refractivity contribution < 1.29 is 13.2 Å². The second-order valence-electron chi connectivity index (χ2n) is 6.70. The Bertz CT molecular complexity index is 1370. The number of ether oxygens (including phenoxy) is 1. The smallest absolute Gasteiger partial charge is 0.261 e. The summed E-state index contributed by atoms with van der Waals surface area (Å²) in [7, 11) is -2.27. The van der Waals surface area contributed by atoms with Gasteiger partial charge in [-0.05, 0) is 44.2 Å². The maximum Gasteiger partial charge on any atom is 0.261 e. The summed E-state index contributed by atoms with van der Waals surface area (Å²) in [6.07, 6.45) is 3.35. The highest BCUT2D eigenvalue weighted by molar-refractivity contribution is 7.92. The molecule has 9 heteroatoms. The molecule has 0 unspecified atom stereocenters. The lowest BCUT2D eigenvalue weighted by Gasteiger charge is -2.12. The third-order valence-corrected chi connectivity index (χ3v) is 7.15. The monoisotopic (exact) mass is 459 g/mol. The van der Waals surface area contributed by atoms with Crippen LogP contribution in [0.15, 0.2) is 53.7 Å². The van der Waals surface area contributed by atoms with Gasteiger partial charge in [0, 0.05) is 38.3 Å². The minimum atomic E-state index is -3.84. The number of hydrogen-bond acceptors (Lipinski definition) is 6. The van der Waals surface area contributed by atoms with Gasteiger partial charge in [-0.2, -0.15) is 0 Å². The Morgan fingerprint density at radius 2 is 1.93 bits per heavy atom. The van der Waals surface area contributed by atoms with Crippen LogP contribution in [0, 0.1) is 13.8 Å². The molecule has 0 fully saturated rings. The van der Waals surface area contributed by atoms with Crippen molar-refractivity contribution in [3.05, 3.63) is 64.4 Å². The second-order valence-corrected chi connectivity index (χ2v) is 10.0. The Morgan fingerprint density at radius 3 is 2.67 bits per heavy atom. The zero-order valence-corrected chi connectivity index (χ0v) is 18.8. The summed E-state index contributed by atoms with van der Waals surface area (Å²) in [5, 5.41) is 1.08. The van der Waals surface area contributed by atoms with Crippen LogP contribution in [-0.4, -0.2) is 25.5 Å². The van der Waals surface area contributed by atoms with Crippen LogP contribution in [0.25, 0.3) is 21.3 Å². The van der Waals surface area contributed by atoms with Crippen molar-refractivity contribution in [3.63, 3.8) is 0 Å². The average Bonchev–Trinajstić information content (AvgIpc) is 3.03. The van der Waals surface area contributed by atoms with E-state index in [-0.39, 0.29) is 4.90 Å². The van der Waals surface area contributed by atoms with E-state index in [1.807, 2.05) is 19.9 Å². The van der Waals surface area contributed by atoms with Gasteiger partial charge in [0.15, 0.2) is 0 Å². The lowest BCUT2D eigenvalue weighted by atomic mass is 10.0. The van der Waals surface area contributed by atoms with Gasteiger partial charge < -0.3 is 4.74 Å². The first kappa shape index (κ1) is 20.6. The number of nitrogens with one attached hydrogen (secondary N) is 1. The van der Waals surface area contributed by atoms with Crippen LogP contribution < -0.4 is 9.46 Å². The first-order valence-corrected chi connectivity index (χ1v) is 11.6. The van der Waals surface area contributed by atoms with Crippen LogP contribution in [-0.2, 0) is 10.0 Å². The number of thiophene rings is 1. The summed E-state index contributed by atoms with van der Waals surface area (Å²) in [6, 6.07) is 9.76. The van der Waals surface area contributed by atoms with Gasteiger partial charge in [-0.15, -0.1) is 11.3 Å². The molecule has 154 valence electrons. The molecule has 30 heavy (non-hydrogen) atoms. The molecule has 1 N–H and O–H groups in total. The van der Waals surface area contributed by atoms with E-state index < -0.39 is 10.0 Å². The number of anilines is 1. The Kier molecular flexibility index (Phi) is 5.40. The number of rotatable bonds is 5. The molecule has 0 aliphatic rings. The lowest BCUT2D eigenvalue weighted by Crippen LogP contribution is -2.13. The fourth-order valence-corrected chi connectivity index (χ4v) is 5.74. The number of fused-ring (bicyclic) bond motifs is 1. The Balaban J connectivity index is 1.92. The van der Waals surface area contributed by atoms with Crippen LogP contribution in [0.3, 0.4) is 0 Å². The third kappa shape index (κ3) is 3.86. The number of halogens is 1. The molecule has 4 rings (SSSR count). The largest absolute Gasteiger partial charge is 0.495 e. The van der Waals surface area contributed by atoms with E-state index in [0.29, 0.717) is 22.2 Å². The van der Waals surface area contributed by atoms with Crippen LogP contribution in [0.2, 0.25) is 5.02 Å². The predicted molar refractivity (Wildman–Crippen MR) is 121 cm³/mol. The van der Waals surface area contributed by atoms with Crippen molar-refractivity contribution >= 4 is 48.9 Å². The van der Waals surface area contributed by atoms with Crippen molar-refractivity contribution in [2.24, 2.45) is 0 Å². The van der Waals surface area contributed by atoms with E-state index in [4.69, 9.17) is 16.3 Å². The molecule has 0 spiro atoms. The zero-order valence-electron chi connectivity index (χ0n) is 16.4. The quantitative estimate of drug-likeness (QED) is 0.430. The molecule has 4 aromatic rings. The summed E-state index contributed by atoms with van der Waals surface area (Å²) in [4.78, 5) is 10.7. The number of aromatic nitrogens is 2. The van der Waals surface area contributed by atoms with Gasteiger partial charge in [-0.1, -0.05) is 17.7 Å². The Morgan fingerprint density at radius 1 is 1.13 bits per heavy atom. The number of nitrogens with zero attached hydrogens (tertiary/aromatic N) is 2. The molecular formula is C21H18ClN3O3S2. The Labute approximate surface area is 183 Å². The molecule has 0 radical (unpaired) electrons. The van der Waals surface area contributed by atoms with Gasteiger partial charge in [-0.3, -0.25) is 9.71 Å². The van der Waals surface area contributed by atoms with E-state index in [2.05, 4.69) is 14.7 Å². The zero-order chi connectivity index (χ0) is 21.5. The summed E-state index contributed by atoms with van der Waals surface area (Å²) < 4.78 is 34.1. The molecule has 0 atom stereocenters. The molecule has 0 amide bonds. The SMILES string of the molecule is COc1cncc(-c2c(C)sc3nc(C)cc(NS(=O)(=O)c4cccc(Cl)c4)c23)c1. The van der Waals surface area contributed by atoms with Crippen LogP contribution in [0.1, 0.15) is 10.6 Å². The third-order valence-electron chi connectivity index (χ3n) is 4.55. The molecule has 6 nitrogen and oxygen atoms in total. The topological polar surface area (TPSA) is 81.2 Å². The summed E-state index contributed by atoms with van der Waals surface area (Å²) in [6.45, 7) is 3.81. The standard InChI is InChI=1S/C21H18ClN3O3S2/c1-12-7-18(25-30(26,27)17-6-4-5-15(22)9-17)20-19(13(2)29-21(20)24-12)14-8-16(28-3)11-23-10-14/h4-11H,1-3H3,(H,24,25). The van der Waals surface area contributed by atoms with Gasteiger partial charge in [0.1, 0.15) is 10.6 Å². The Hall–Kier alpha value is -2.68. The van der Waals surface area contributed by atoms with Crippen LogP contribution in [0.4, 0.5) is 5.69 Å². The minimum absolute atomic E-state index is 0.0918. The van der Waals surface area contributed by atoms with Crippen molar-refractivity contribution in [2.75, 3.05) is 11.8 Å². The van der Waals surface area contributed by atoms with Crippen LogP contribution >= 0.6 is 22.9 Å². The van der Waals surface area contributed by atoms with Crippen molar-refractivity contribution in [2.45, 2.75) is 18.7 Å². The summed E-state index contributed by atoms with van der Waals surface area (Å²) in [5.41, 5.74) is 2.87. The maximum absolute atomic E-state index is 13.0. The van der Waals surface area contributed by atoms with Crippen LogP contribution in [0.5, 0.6) is 5.75 Å². The van der Waals surface area contributed by atoms with Gasteiger partial charge in [0.2, 0.25) is 0 Å². The highest BCUT2D eigenvalue weighted by Gasteiger charge is 2.21. The maximum atomic E-state index is 13.0. The number of methoxy groups -OCH3 is 1. The first-order chi connectivity index (χ1) is 14.3. The first-order valence-electron chi connectivity index (χ1n) is 8.97. The number of pyridine rings is 2. The van der Waals surface area contributed by atoms with E-state index in [9.17, 15) is 8.42 Å². The van der Waals surface area contributed by atoms with Crippen molar-refractivity contribution in [3.8, 4) is 16.9 Å². The van der Waals surface area contributed by atoms with E-state index >= 15 is 0 Å². The minimum Gasteiger partial charge on any atom is -0.495 e. The second kappa shape index (κ2) is 7.86. The number of aryl methyl sites for hydroxylation is 2. The molecule has 3 heterocycles. The normalized spacial score (nSPS) is 11.6. The van der Waals surface area contributed by atoms with Gasteiger partial charge >= 0.3 is 0 Å². The van der Waals surface area contributed by atoms with E-state index in [1.54, 1.807) is 37.7 Å². The summed E-state index contributed by atoms with van der Waals surface area (Å²) in [5.74, 6) is 0.618. The van der Waals surface area contributed by atoms with E-state index in [1.165, 1.54) is 23.5 Å². The number of sulfonamides is 1. The number of hydrogen-bond donors (Lipinski definition) is 1. The molecule has 0 bridgehead atoms. The molecule has 0 aliphatic heterocycles. The molecule has 1 aromatic carbocycles. The van der Waals surface area contributed by atoms with Crippen molar-refractivity contribution in [1.29, 1.82) is 0 Å². The molecule has 3 aromatic heterocycles. The van der Waals surface area contributed by atoms with Gasteiger partial charge in [0.05, 0.1) is 23.9 Å². The average molecular weight is 460 g/mol. The highest BCUT2D eigenvalue weighted by Crippen LogP contribution is 2.42. The van der Waals surface area contributed by atoms with Gasteiger partial charge in [-0.25, -0.2) is 13.4 Å². The van der Waals surface area contributed by atoms with Gasteiger partial charge in [0.25, 0.3) is 10.0 Å². The van der Waals surface area contributed by atoms with E-state index in [0.717, 1.165) is 26.2 Å². The summed E-state index contributed by atoms with van der Waals surface area (Å²) >= 11 is 7.50. The fourth-order valence-electron chi connectivity index (χ4n) is 3.27. The predicted octanol–water partition coefficient (Wildman–Crippen LogP) is 5.44. The highest BCUT2D eigenvalue weighted by atomic mass is 35.5. The molecule has 0 saturated heterocycles. The molecular weight excluding hydrogens is 442 g/mol. The van der Waals surface area contributed by atoms with Crippen molar-refractivity contribution in [1.82, 2.24) is 9.97 Å². The molecule has 0 aliphatic carbocycles. The lowest BCUT2D eigenvalue weighted by molar-refractivity contribution is 0.413.